The first kappa shape index (κ1) is 13.8. The Morgan fingerprint density at radius 3 is 2.72 bits per heavy atom. The number of nitrogens with one attached hydrogen (secondary N) is 1. The number of likely N-dealkylation sites (tertiary alicyclic amines) is 1. The van der Waals surface area contributed by atoms with Crippen molar-refractivity contribution < 1.29 is 9.90 Å². The Kier molecular flexibility index (Phi) is 4.97. The van der Waals surface area contributed by atoms with E-state index in [1.165, 1.54) is 32.1 Å². The Balaban J connectivity index is 1.75. The van der Waals surface area contributed by atoms with Crippen molar-refractivity contribution in [2.24, 2.45) is 5.73 Å². The minimum atomic E-state index is -0.784. The van der Waals surface area contributed by atoms with Gasteiger partial charge in [-0.25, -0.2) is 0 Å². The summed E-state index contributed by atoms with van der Waals surface area (Å²) in [6.45, 7) is 1.73. The molecule has 2 rings (SSSR count). The number of nitrogens with zero attached hydrogens (tertiary/aromatic N) is 1. The van der Waals surface area contributed by atoms with Gasteiger partial charge in [-0.15, -0.1) is 0 Å². The average Bonchev–Trinajstić information content (AvgIpc) is 2.87. The molecule has 4 N–H and O–H groups in total. The van der Waals surface area contributed by atoms with Gasteiger partial charge in [-0.3, -0.25) is 9.69 Å². The molecule has 2 aliphatic rings. The highest BCUT2D eigenvalue weighted by Gasteiger charge is 2.30. The lowest BCUT2D eigenvalue weighted by Crippen LogP contribution is -2.48. The standard InChI is InChI=1S/C13H25N3O2/c14-12(9-17)13(18)15-10-6-7-16(8-10)11-4-2-1-3-5-11/h10-12,17H,1-9,14H2,(H,15,18). The van der Waals surface area contributed by atoms with Gasteiger partial charge >= 0.3 is 0 Å². The second kappa shape index (κ2) is 6.50. The van der Waals surface area contributed by atoms with Crippen LogP contribution < -0.4 is 11.1 Å². The van der Waals surface area contributed by atoms with Gasteiger partial charge in [-0.1, -0.05) is 19.3 Å². The van der Waals surface area contributed by atoms with Crippen molar-refractivity contribution in [2.45, 2.75) is 56.7 Å². The molecule has 1 aliphatic carbocycles. The molecule has 0 radical (unpaired) electrons. The summed E-state index contributed by atoms with van der Waals surface area (Å²) < 4.78 is 0. The highest BCUT2D eigenvalue weighted by Crippen LogP contribution is 2.25. The lowest BCUT2D eigenvalue weighted by Gasteiger charge is -2.31. The van der Waals surface area contributed by atoms with Gasteiger partial charge in [-0.2, -0.15) is 0 Å². The molecule has 1 heterocycles. The summed E-state index contributed by atoms with van der Waals surface area (Å²) in [5.41, 5.74) is 5.50. The van der Waals surface area contributed by atoms with E-state index in [9.17, 15) is 4.79 Å². The number of aliphatic hydroxyl groups is 1. The maximum Gasteiger partial charge on any atom is 0.239 e. The molecule has 1 amide bonds. The molecular weight excluding hydrogens is 230 g/mol. The molecule has 0 spiro atoms. The zero-order chi connectivity index (χ0) is 13.0. The summed E-state index contributed by atoms with van der Waals surface area (Å²) in [5.74, 6) is -0.229. The average molecular weight is 255 g/mol. The first-order valence-electron chi connectivity index (χ1n) is 7.11. The van der Waals surface area contributed by atoms with Crippen LogP contribution in [-0.4, -0.2) is 53.7 Å². The van der Waals surface area contributed by atoms with Crippen molar-refractivity contribution in [2.75, 3.05) is 19.7 Å². The predicted octanol–water partition coefficient (Wildman–Crippen LogP) is -0.171. The van der Waals surface area contributed by atoms with Crippen molar-refractivity contribution in [3.8, 4) is 0 Å². The zero-order valence-electron chi connectivity index (χ0n) is 11.0. The molecule has 0 aromatic heterocycles. The van der Waals surface area contributed by atoms with Crippen LogP contribution in [0, 0.1) is 0 Å². The van der Waals surface area contributed by atoms with Crippen LogP contribution in [0.15, 0.2) is 0 Å². The molecule has 5 nitrogen and oxygen atoms in total. The molecule has 0 aromatic carbocycles. The number of hydrogen-bond acceptors (Lipinski definition) is 4. The fraction of sp³-hybridized carbons (Fsp3) is 0.923. The zero-order valence-corrected chi connectivity index (χ0v) is 11.0. The monoisotopic (exact) mass is 255 g/mol. The largest absolute Gasteiger partial charge is 0.394 e. The van der Waals surface area contributed by atoms with E-state index in [1.807, 2.05) is 0 Å². The molecule has 2 unspecified atom stereocenters. The Labute approximate surface area is 109 Å². The van der Waals surface area contributed by atoms with Crippen molar-refractivity contribution >= 4 is 5.91 Å². The van der Waals surface area contributed by atoms with Gasteiger partial charge in [-0.05, 0) is 19.3 Å². The minimum absolute atomic E-state index is 0.206. The first-order chi connectivity index (χ1) is 8.70. The topological polar surface area (TPSA) is 78.6 Å². The van der Waals surface area contributed by atoms with Crippen LogP contribution in [0.25, 0.3) is 0 Å². The molecule has 2 atom stereocenters. The van der Waals surface area contributed by atoms with E-state index in [4.69, 9.17) is 10.8 Å². The van der Waals surface area contributed by atoms with Crippen molar-refractivity contribution in [3.63, 3.8) is 0 Å². The number of rotatable bonds is 4. The predicted molar refractivity (Wildman–Crippen MR) is 70.1 cm³/mol. The third-order valence-corrected chi connectivity index (χ3v) is 4.19. The third-order valence-electron chi connectivity index (χ3n) is 4.19. The van der Waals surface area contributed by atoms with Gasteiger partial charge in [0, 0.05) is 25.2 Å². The van der Waals surface area contributed by atoms with Gasteiger partial charge < -0.3 is 16.2 Å². The third kappa shape index (κ3) is 3.43. The quantitative estimate of drug-likeness (QED) is 0.652. The summed E-state index contributed by atoms with van der Waals surface area (Å²) in [7, 11) is 0. The number of carbonyl (C=O) groups is 1. The Morgan fingerprint density at radius 2 is 2.06 bits per heavy atom. The smallest absolute Gasteiger partial charge is 0.239 e. The second-order valence-electron chi connectivity index (χ2n) is 5.57. The first-order valence-corrected chi connectivity index (χ1v) is 7.11. The molecule has 1 aliphatic heterocycles. The highest BCUT2D eigenvalue weighted by atomic mass is 16.3. The lowest BCUT2D eigenvalue weighted by molar-refractivity contribution is -0.123. The molecule has 2 fully saturated rings. The van der Waals surface area contributed by atoms with E-state index >= 15 is 0 Å². The van der Waals surface area contributed by atoms with Crippen LogP contribution in [0.1, 0.15) is 38.5 Å². The van der Waals surface area contributed by atoms with Crippen LogP contribution >= 0.6 is 0 Å². The van der Waals surface area contributed by atoms with Crippen molar-refractivity contribution in [1.82, 2.24) is 10.2 Å². The van der Waals surface area contributed by atoms with Gasteiger partial charge in [0.1, 0.15) is 6.04 Å². The summed E-state index contributed by atoms with van der Waals surface area (Å²) >= 11 is 0. The molecule has 0 aromatic rings. The summed E-state index contributed by atoms with van der Waals surface area (Å²) in [4.78, 5) is 14.1. The van der Waals surface area contributed by atoms with Crippen LogP contribution in [0.2, 0.25) is 0 Å². The minimum Gasteiger partial charge on any atom is -0.394 e. The molecule has 104 valence electrons. The van der Waals surface area contributed by atoms with E-state index in [0.717, 1.165) is 19.5 Å². The maximum absolute atomic E-state index is 11.6. The number of nitrogens with two attached hydrogens (primary N) is 1. The van der Waals surface area contributed by atoms with E-state index < -0.39 is 6.04 Å². The fourth-order valence-electron chi connectivity index (χ4n) is 3.07. The van der Waals surface area contributed by atoms with Crippen LogP contribution in [0.5, 0.6) is 0 Å². The van der Waals surface area contributed by atoms with E-state index in [0.29, 0.717) is 6.04 Å². The van der Waals surface area contributed by atoms with Crippen molar-refractivity contribution in [1.29, 1.82) is 0 Å². The number of carbonyl (C=O) groups excluding carboxylic acids is 1. The van der Waals surface area contributed by atoms with Gasteiger partial charge in [0.15, 0.2) is 0 Å². The number of aliphatic hydroxyl groups excluding tert-OH is 1. The lowest BCUT2D eigenvalue weighted by atomic mass is 9.94. The van der Waals surface area contributed by atoms with Crippen LogP contribution in [0.4, 0.5) is 0 Å². The molecule has 0 bridgehead atoms. The van der Waals surface area contributed by atoms with E-state index in [1.54, 1.807) is 0 Å². The Bertz CT molecular complexity index is 279. The molecule has 5 heteroatoms. The molecular formula is C13H25N3O2. The van der Waals surface area contributed by atoms with Gasteiger partial charge in [0.25, 0.3) is 0 Å². The number of amides is 1. The molecule has 1 saturated carbocycles. The maximum atomic E-state index is 11.6. The van der Waals surface area contributed by atoms with Crippen molar-refractivity contribution in [3.05, 3.63) is 0 Å². The second-order valence-corrected chi connectivity index (χ2v) is 5.57. The summed E-state index contributed by atoms with van der Waals surface area (Å²) in [5, 5.41) is 11.8. The molecule has 18 heavy (non-hydrogen) atoms. The summed E-state index contributed by atoms with van der Waals surface area (Å²) in [6.07, 6.45) is 7.66. The highest BCUT2D eigenvalue weighted by molar-refractivity contribution is 5.81. The Hall–Kier alpha value is -0.650. The van der Waals surface area contributed by atoms with Gasteiger partial charge in [0.05, 0.1) is 6.61 Å². The number of hydrogen-bond donors (Lipinski definition) is 3. The fourth-order valence-corrected chi connectivity index (χ4v) is 3.07. The van der Waals surface area contributed by atoms with Crippen LogP contribution in [-0.2, 0) is 4.79 Å². The van der Waals surface area contributed by atoms with E-state index in [-0.39, 0.29) is 18.6 Å². The normalized spacial score (nSPS) is 28.2. The molecule has 1 saturated heterocycles. The summed E-state index contributed by atoms with van der Waals surface area (Å²) in [6, 6.07) is 0.137. The van der Waals surface area contributed by atoms with E-state index in [2.05, 4.69) is 10.2 Å². The SMILES string of the molecule is NC(CO)C(=O)NC1CCN(C2CCCCC2)C1. The van der Waals surface area contributed by atoms with Gasteiger partial charge in [0.2, 0.25) is 5.91 Å². The van der Waals surface area contributed by atoms with Crippen LogP contribution in [0.3, 0.4) is 0 Å². The Morgan fingerprint density at radius 1 is 1.33 bits per heavy atom.